The van der Waals surface area contributed by atoms with E-state index in [9.17, 15) is 9.59 Å². The second kappa shape index (κ2) is 8.75. The molecule has 0 aliphatic carbocycles. The molecule has 26 heavy (non-hydrogen) atoms. The standard InChI is InChI=1S/C18H15ClN2O4S/c19-12-5-1-2-6-13(12)20-16(22)9-25-18(23)11-24-10-17-21-14-7-3-4-8-15(14)26-17/h1-8H,9-11H2,(H,20,22). The van der Waals surface area contributed by atoms with Crippen molar-refractivity contribution in [3.05, 3.63) is 58.6 Å². The molecule has 0 aliphatic heterocycles. The van der Waals surface area contributed by atoms with Gasteiger partial charge in [-0.25, -0.2) is 9.78 Å². The van der Waals surface area contributed by atoms with Gasteiger partial charge in [-0.15, -0.1) is 11.3 Å². The van der Waals surface area contributed by atoms with Gasteiger partial charge in [-0.2, -0.15) is 0 Å². The number of ether oxygens (including phenoxy) is 2. The molecule has 1 aromatic heterocycles. The fourth-order valence-electron chi connectivity index (χ4n) is 2.14. The number of carbonyl (C=O) groups is 2. The minimum absolute atomic E-state index is 0.209. The van der Waals surface area contributed by atoms with E-state index < -0.39 is 18.5 Å². The maximum Gasteiger partial charge on any atom is 0.332 e. The van der Waals surface area contributed by atoms with Crippen LogP contribution in [0.4, 0.5) is 5.69 Å². The highest BCUT2D eigenvalue weighted by Gasteiger charge is 2.10. The number of hydrogen-bond acceptors (Lipinski definition) is 6. The summed E-state index contributed by atoms with van der Waals surface area (Å²) in [6.45, 7) is -0.454. The van der Waals surface area contributed by atoms with Gasteiger partial charge in [0.1, 0.15) is 11.6 Å². The molecule has 134 valence electrons. The molecule has 0 bridgehead atoms. The molecule has 0 atom stereocenters. The minimum atomic E-state index is -0.625. The van der Waals surface area contributed by atoms with Crippen LogP contribution in [0.3, 0.4) is 0 Å². The van der Waals surface area contributed by atoms with Crippen LogP contribution in [0.25, 0.3) is 10.2 Å². The number of fused-ring (bicyclic) bond motifs is 1. The number of anilines is 1. The van der Waals surface area contributed by atoms with Crippen molar-refractivity contribution in [1.29, 1.82) is 0 Å². The summed E-state index contributed by atoms with van der Waals surface area (Å²) in [6, 6.07) is 14.5. The van der Waals surface area contributed by atoms with Gasteiger partial charge < -0.3 is 14.8 Å². The molecule has 8 heteroatoms. The first-order valence-electron chi connectivity index (χ1n) is 7.74. The molecule has 1 amide bonds. The maximum absolute atomic E-state index is 11.8. The predicted octanol–water partition coefficient (Wildman–Crippen LogP) is 3.65. The van der Waals surface area contributed by atoms with Gasteiger partial charge in [-0.05, 0) is 24.3 Å². The van der Waals surface area contributed by atoms with E-state index in [4.69, 9.17) is 21.1 Å². The molecule has 0 fully saturated rings. The number of esters is 1. The van der Waals surface area contributed by atoms with E-state index in [0.29, 0.717) is 10.7 Å². The molecular formula is C18H15ClN2O4S. The lowest BCUT2D eigenvalue weighted by Gasteiger charge is -2.08. The molecule has 0 saturated heterocycles. The van der Waals surface area contributed by atoms with E-state index >= 15 is 0 Å². The van der Waals surface area contributed by atoms with Crippen molar-refractivity contribution in [3.63, 3.8) is 0 Å². The summed E-state index contributed by atoms with van der Waals surface area (Å²) in [6.07, 6.45) is 0. The number of benzene rings is 2. The van der Waals surface area contributed by atoms with E-state index in [1.165, 1.54) is 11.3 Å². The van der Waals surface area contributed by atoms with Crippen LogP contribution in [0.5, 0.6) is 0 Å². The lowest BCUT2D eigenvalue weighted by Crippen LogP contribution is -2.23. The first kappa shape index (κ1) is 18.3. The number of carbonyl (C=O) groups excluding carboxylic acids is 2. The molecule has 2 aromatic carbocycles. The normalized spacial score (nSPS) is 10.7. The number of halogens is 1. The molecular weight excluding hydrogens is 376 g/mol. The number of aromatic nitrogens is 1. The average molecular weight is 391 g/mol. The van der Waals surface area contributed by atoms with Gasteiger partial charge in [0.25, 0.3) is 5.91 Å². The van der Waals surface area contributed by atoms with E-state index in [1.54, 1.807) is 24.3 Å². The minimum Gasteiger partial charge on any atom is -0.454 e. The Morgan fingerprint density at radius 2 is 1.85 bits per heavy atom. The molecule has 0 radical (unpaired) electrons. The molecule has 6 nitrogen and oxygen atoms in total. The number of amides is 1. The number of nitrogens with zero attached hydrogens (tertiary/aromatic N) is 1. The largest absolute Gasteiger partial charge is 0.454 e. The van der Waals surface area contributed by atoms with Gasteiger partial charge in [0.2, 0.25) is 0 Å². The van der Waals surface area contributed by atoms with Crippen molar-refractivity contribution in [1.82, 2.24) is 4.98 Å². The molecule has 0 unspecified atom stereocenters. The zero-order valence-electron chi connectivity index (χ0n) is 13.6. The van der Waals surface area contributed by atoms with Crippen LogP contribution < -0.4 is 5.32 Å². The van der Waals surface area contributed by atoms with Gasteiger partial charge in [-0.3, -0.25) is 4.79 Å². The Hall–Kier alpha value is -2.48. The van der Waals surface area contributed by atoms with Crippen LogP contribution in [0.2, 0.25) is 5.02 Å². The maximum atomic E-state index is 11.8. The lowest BCUT2D eigenvalue weighted by atomic mass is 10.3. The summed E-state index contributed by atoms with van der Waals surface area (Å²) in [7, 11) is 0. The summed E-state index contributed by atoms with van der Waals surface area (Å²) in [4.78, 5) is 27.8. The van der Waals surface area contributed by atoms with Crippen LogP contribution >= 0.6 is 22.9 Å². The molecule has 1 heterocycles. The smallest absolute Gasteiger partial charge is 0.332 e. The Bertz CT molecular complexity index is 895. The van der Waals surface area contributed by atoms with E-state index in [2.05, 4.69) is 10.3 Å². The van der Waals surface area contributed by atoms with Gasteiger partial charge in [0, 0.05) is 0 Å². The Morgan fingerprint density at radius 1 is 1.08 bits per heavy atom. The monoisotopic (exact) mass is 390 g/mol. The fraction of sp³-hybridized carbons (Fsp3) is 0.167. The highest BCUT2D eigenvalue weighted by molar-refractivity contribution is 7.18. The number of rotatable bonds is 7. The summed E-state index contributed by atoms with van der Waals surface area (Å²) >= 11 is 7.44. The molecule has 3 aromatic rings. The van der Waals surface area contributed by atoms with Crippen molar-refractivity contribution in [2.75, 3.05) is 18.5 Å². The van der Waals surface area contributed by atoms with Crippen molar-refractivity contribution in [2.24, 2.45) is 0 Å². The summed E-state index contributed by atoms with van der Waals surface area (Å²) in [5.74, 6) is -1.10. The molecule has 3 rings (SSSR count). The third kappa shape index (κ3) is 5.01. The molecule has 0 aliphatic rings. The first-order valence-corrected chi connectivity index (χ1v) is 8.93. The number of nitrogens with one attached hydrogen (secondary N) is 1. The van der Waals surface area contributed by atoms with Crippen LogP contribution in [0.1, 0.15) is 5.01 Å². The van der Waals surface area contributed by atoms with Crippen molar-refractivity contribution in [3.8, 4) is 0 Å². The topological polar surface area (TPSA) is 77.5 Å². The summed E-state index contributed by atoms with van der Waals surface area (Å²) in [5.41, 5.74) is 1.36. The van der Waals surface area contributed by atoms with E-state index in [1.807, 2.05) is 24.3 Å². The second-order valence-corrected chi connectivity index (χ2v) is 6.78. The average Bonchev–Trinajstić information content (AvgIpc) is 3.05. The summed E-state index contributed by atoms with van der Waals surface area (Å²) in [5, 5.41) is 3.75. The predicted molar refractivity (Wildman–Crippen MR) is 100 cm³/mol. The summed E-state index contributed by atoms with van der Waals surface area (Å²) < 4.78 is 11.2. The van der Waals surface area contributed by atoms with Gasteiger partial charge in [0.05, 0.1) is 27.5 Å². The Kier molecular flexibility index (Phi) is 6.17. The molecule has 0 saturated carbocycles. The van der Waals surface area contributed by atoms with Gasteiger partial charge in [0.15, 0.2) is 6.61 Å². The Labute approximate surface area is 158 Å². The van der Waals surface area contributed by atoms with E-state index in [-0.39, 0.29) is 13.2 Å². The van der Waals surface area contributed by atoms with Crippen LogP contribution in [0.15, 0.2) is 48.5 Å². The lowest BCUT2D eigenvalue weighted by molar-refractivity contribution is -0.152. The highest BCUT2D eigenvalue weighted by Crippen LogP contribution is 2.22. The highest BCUT2D eigenvalue weighted by atomic mass is 35.5. The van der Waals surface area contributed by atoms with Gasteiger partial charge >= 0.3 is 5.97 Å². The number of thiazole rings is 1. The zero-order valence-corrected chi connectivity index (χ0v) is 15.2. The van der Waals surface area contributed by atoms with Crippen LogP contribution in [0, 0.1) is 0 Å². The van der Waals surface area contributed by atoms with Gasteiger partial charge in [-0.1, -0.05) is 35.9 Å². The number of para-hydroxylation sites is 2. The molecule has 0 spiro atoms. The second-order valence-electron chi connectivity index (χ2n) is 5.26. The van der Waals surface area contributed by atoms with Crippen LogP contribution in [-0.4, -0.2) is 30.1 Å². The quantitative estimate of drug-likeness (QED) is 0.623. The fourth-order valence-corrected chi connectivity index (χ4v) is 3.23. The van der Waals surface area contributed by atoms with Crippen LogP contribution in [-0.2, 0) is 25.7 Å². The first-order chi connectivity index (χ1) is 12.6. The third-order valence-electron chi connectivity index (χ3n) is 3.30. The zero-order chi connectivity index (χ0) is 18.4. The van der Waals surface area contributed by atoms with Crippen molar-refractivity contribution in [2.45, 2.75) is 6.61 Å². The number of hydrogen-bond donors (Lipinski definition) is 1. The van der Waals surface area contributed by atoms with Crippen molar-refractivity contribution < 1.29 is 19.1 Å². The molecule has 1 N–H and O–H groups in total. The SMILES string of the molecule is O=C(COC(=O)COCc1nc2ccccc2s1)Nc1ccccc1Cl. The Balaban J connectivity index is 1.38. The van der Waals surface area contributed by atoms with E-state index in [0.717, 1.165) is 15.2 Å². The third-order valence-corrected chi connectivity index (χ3v) is 4.64. The Morgan fingerprint density at radius 3 is 2.65 bits per heavy atom. The van der Waals surface area contributed by atoms with Crippen molar-refractivity contribution >= 4 is 50.7 Å².